The number of anilines is 1. The van der Waals surface area contributed by atoms with Crippen LogP contribution in [0.25, 0.3) is 0 Å². The van der Waals surface area contributed by atoms with Crippen molar-refractivity contribution in [2.24, 2.45) is 0 Å². The van der Waals surface area contributed by atoms with E-state index in [0.717, 1.165) is 5.56 Å². The predicted molar refractivity (Wildman–Crippen MR) is 72.9 cm³/mol. The molecule has 1 aromatic carbocycles. The molecule has 1 aliphatic rings. The first-order valence-electron chi connectivity index (χ1n) is 6.51. The van der Waals surface area contributed by atoms with Crippen LogP contribution in [0.1, 0.15) is 5.56 Å². The number of hydrogen-bond donors (Lipinski definition) is 1. The summed E-state index contributed by atoms with van der Waals surface area (Å²) in [4.78, 5) is 25.1. The fourth-order valence-corrected chi connectivity index (χ4v) is 1.90. The minimum atomic E-state index is -0.420. The van der Waals surface area contributed by atoms with Gasteiger partial charge in [0.25, 0.3) is 5.91 Å². The second-order valence-electron chi connectivity index (χ2n) is 4.57. The van der Waals surface area contributed by atoms with Gasteiger partial charge < -0.3 is 20.1 Å². The molecule has 0 aliphatic carbocycles. The van der Waals surface area contributed by atoms with Crippen LogP contribution in [-0.2, 0) is 25.5 Å². The Morgan fingerprint density at radius 2 is 1.85 bits per heavy atom. The average molecular weight is 278 g/mol. The number of nitrogens with zero attached hydrogens (tertiary/aromatic N) is 1. The summed E-state index contributed by atoms with van der Waals surface area (Å²) in [6.45, 7) is 1.95. The summed E-state index contributed by atoms with van der Waals surface area (Å²) in [6.07, 6.45) is 0.136. The van der Waals surface area contributed by atoms with Crippen LogP contribution in [0.5, 0.6) is 0 Å². The summed E-state index contributed by atoms with van der Waals surface area (Å²) in [5.74, 6) is -0.602. The van der Waals surface area contributed by atoms with E-state index in [1.807, 2.05) is 0 Å². The van der Waals surface area contributed by atoms with Crippen LogP contribution in [0.3, 0.4) is 0 Å². The summed E-state index contributed by atoms with van der Waals surface area (Å²) >= 11 is 0. The summed E-state index contributed by atoms with van der Waals surface area (Å²) in [7, 11) is 0. The van der Waals surface area contributed by atoms with Crippen LogP contribution in [-0.4, -0.2) is 49.7 Å². The van der Waals surface area contributed by atoms with Gasteiger partial charge >= 0.3 is 5.97 Å². The van der Waals surface area contributed by atoms with Gasteiger partial charge in [-0.05, 0) is 17.7 Å². The molecule has 0 bridgehead atoms. The lowest BCUT2D eigenvalue weighted by Gasteiger charge is -2.26. The zero-order chi connectivity index (χ0) is 14.4. The molecule has 1 heterocycles. The van der Waals surface area contributed by atoms with Crippen molar-refractivity contribution in [3.63, 3.8) is 0 Å². The molecule has 1 aromatic rings. The standard InChI is InChI=1S/C14H18N2O4/c15-12-3-1-11(2-4-12)9-14(18)20-10-13(17)16-5-7-19-8-6-16/h1-4H,5-10,15H2. The van der Waals surface area contributed by atoms with Crippen LogP contribution >= 0.6 is 0 Å². The van der Waals surface area contributed by atoms with Gasteiger partial charge in [0.05, 0.1) is 19.6 Å². The van der Waals surface area contributed by atoms with E-state index in [2.05, 4.69) is 0 Å². The Labute approximate surface area is 117 Å². The minimum Gasteiger partial charge on any atom is -0.455 e. The molecule has 2 N–H and O–H groups in total. The van der Waals surface area contributed by atoms with Crippen LogP contribution in [0.15, 0.2) is 24.3 Å². The highest BCUT2D eigenvalue weighted by Crippen LogP contribution is 2.07. The topological polar surface area (TPSA) is 81.9 Å². The number of esters is 1. The highest BCUT2D eigenvalue weighted by molar-refractivity contribution is 5.81. The van der Waals surface area contributed by atoms with Gasteiger partial charge in [-0.1, -0.05) is 12.1 Å². The number of morpholine rings is 1. The maximum atomic E-state index is 11.8. The van der Waals surface area contributed by atoms with Crippen molar-refractivity contribution in [3.05, 3.63) is 29.8 Å². The molecule has 2 rings (SSSR count). The lowest BCUT2D eigenvalue weighted by Crippen LogP contribution is -2.42. The fourth-order valence-electron chi connectivity index (χ4n) is 1.90. The van der Waals surface area contributed by atoms with Gasteiger partial charge in [0.15, 0.2) is 6.61 Å². The van der Waals surface area contributed by atoms with Crippen molar-refractivity contribution in [1.29, 1.82) is 0 Å². The monoisotopic (exact) mass is 278 g/mol. The van der Waals surface area contributed by atoms with Crippen LogP contribution < -0.4 is 5.73 Å². The quantitative estimate of drug-likeness (QED) is 0.629. The van der Waals surface area contributed by atoms with Gasteiger partial charge in [0, 0.05) is 18.8 Å². The van der Waals surface area contributed by atoms with E-state index in [4.69, 9.17) is 15.2 Å². The molecular weight excluding hydrogens is 260 g/mol. The van der Waals surface area contributed by atoms with Crippen molar-refractivity contribution < 1.29 is 19.1 Å². The molecule has 6 nitrogen and oxygen atoms in total. The van der Waals surface area contributed by atoms with Gasteiger partial charge in [-0.25, -0.2) is 0 Å². The highest BCUT2D eigenvalue weighted by atomic mass is 16.5. The van der Waals surface area contributed by atoms with Crippen molar-refractivity contribution in [3.8, 4) is 0 Å². The number of carbonyl (C=O) groups is 2. The maximum Gasteiger partial charge on any atom is 0.310 e. The number of nitrogen functional groups attached to an aromatic ring is 1. The summed E-state index contributed by atoms with van der Waals surface area (Å²) in [5, 5.41) is 0. The molecule has 0 unspecified atom stereocenters. The van der Waals surface area contributed by atoms with Crippen LogP contribution in [0.4, 0.5) is 5.69 Å². The molecule has 0 spiro atoms. The van der Waals surface area contributed by atoms with E-state index >= 15 is 0 Å². The summed E-state index contributed by atoms with van der Waals surface area (Å²) < 4.78 is 10.1. The lowest BCUT2D eigenvalue weighted by molar-refractivity contribution is -0.153. The first-order valence-corrected chi connectivity index (χ1v) is 6.51. The number of rotatable bonds is 4. The van der Waals surface area contributed by atoms with E-state index in [0.29, 0.717) is 32.0 Å². The molecule has 108 valence electrons. The van der Waals surface area contributed by atoms with Crippen LogP contribution in [0, 0.1) is 0 Å². The number of ether oxygens (including phenoxy) is 2. The number of carbonyl (C=O) groups excluding carboxylic acids is 2. The SMILES string of the molecule is Nc1ccc(CC(=O)OCC(=O)N2CCOCC2)cc1. The Bertz CT molecular complexity index is 467. The predicted octanol–water partition coefficient (Wildman–Crippen LogP) is 0.213. The van der Waals surface area contributed by atoms with Gasteiger partial charge in [-0.2, -0.15) is 0 Å². The molecule has 1 amide bonds. The maximum absolute atomic E-state index is 11.8. The zero-order valence-corrected chi connectivity index (χ0v) is 11.2. The normalized spacial score (nSPS) is 14.9. The highest BCUT2D eigenvalue weighted by Gasteiger charge is 2.18. The van der Waals surface area contributed by atoms with E-state index in [-0.39, 0.29) is 18.9 Å². The Morgan fingerprint density at radius 3 is 2.50 bits per heavy atom. The van der Waals surface area contributed by atoms with Crippen LogP contribution in [0.2, 0.25) is 0 Å². The van der Waals surface area contributed by atoms with E-state index < -0.39 is 5.97 Å². The van der Waals surface area contributed by atoms with E-state index in [1.165, 1.54) is 0 Å². The van der Waals surface area contributed by atoms with Crippen molar-refractivity contribution in [1.82, 2.24) is 4.90 Å². The third kappa shape index (κ3) is 4.24. The average Bonchev–Trinajstić information content (AvgIpc) is 2.48. The van der Waals surface area contributed by atoms with Gasteiger partial charge in [-0.3, -0.25) is 9.59 Å². The first kappa shape index (κ1) is 14.3. The zero-order valence-electron chi connectivity index (χ0n) is 11.2. The number of amides is 1. The summed E-state index contributed by atoms with van der Waals surface area (Å²) in [5.41, 5.74) is 7.01. The third-order valence-electron chi connectivity index (χ3n) is 3.05. The molecule has 1 fully saturated rings. The summed E-state index contributed by atoms with van der Waals surface area (Å²) in [6, 6.07) is 6.98. The molecule has 20 heavy (non-hydrogen) atoms. The first-order chi connectivity index (χ1) is 9.65. The molecule has 1 saturated heterocycles. The Kier molecular flexibility index (Phi) is 4.95. The van der Waals surface area contributed by atoms with Gasteiger partial charge in [0.2, 0.25) is 0 Å². The van der Waals surface area contributed by atoms with Gasteiger partial charge in [-0.15, -0.1) is 0 Å². The minimum absolute atomic E-state index is 0.136. The molecule has 0 aromatic heterocycles. The molecule has 1 aliphatic heterocycles. The van der Waals surface area contributed by atoms with Gasteiger partial charge in [0.1, 0.15) is 0 Å². The number of nitrogens with two attached hydrogens (primary N) is 1. The molecule has 0 atom stereocenters. The molecule has 0 saturated carbocycles. The number of hydrogen-bond acceptors (Lipinski definition) is 5. The van der Waals surface area contributed by atoms with Crippen molar-refractivity contribution in [2.45, 2.75) is 6.42 Å². The largest absolute Gasteiger partial charge is 0.455 e. The lowest BCUT2D eigenvalue weighted by atomic mass is 10.1. The van der Waals surface area contributed by atoms with E-state index in [9.17, 15) is 9.59 Å². The van der Waals surface area contributed by atoms with Crippen molar-refractivity contribution in [2.75, 3.05) is 38.6 Å². The molecule has 0 radical (unpaired) electrons. The second kappa shape index (κ2) is 6.91. The van der Waals surface area contributed by atoms with Crippen molar-refractivity contribution >= 4 is 17.6 Å². The Balaban J connectivity index is 1.74. The fraction of sp³-hybridized carbons (Fsp3) is 0.429. The molecular formula is C14H18N2O4. The smallest absolute Gasteiger partial charge is 0.310 e. The van der Waals surface area contributed by atoms with E-state index in [1.54, 1.807) is 29.2 Å². The Morgan fingerprint density at radius 1 is 1.20 bits per heavy atom. The molecule has 6 heteroatoms. The second-order valence-corrected chi connectivity index (χ2v) is 4.57. The number of benzene rings is 1. The third-order valence-corrected chi connectivity index (χ3v) is 3.05. The Hall–Kier alpha value is -2.08.